The van der Waals surface area contributed by atoms with Gasteiger partial charge in [0.05, 0.1) is 28.4 Å². The van der Waals surface area contributed by atoms with E-state index in [-0.39, 0.29) is 0 Å². The van der Waals surface area contributed by atoms with Crippen molar-refractivity contribution in [2.24, 2.45) is 5.92 Å². The number of hydrogen-bond acceptors (Lipinski definition) is 4. The van der Waals surface area contributed by atoms with E-state index in [1.807, 2.05) is 18.2 Å². The molecule has 32 heavy (non-hydrogen) atoms. The first-order valence-corrected chi connectivity index (χ1v) is 11.2. The van der Waals surface area contributed by atoms with E-state index < -0.39 is 0 Å². The highest BCUT2D eigenvalue weighted by Gasteiger charge is 2.22. The zero-order valence-electron chi connectivity index (χ0n) is 19.6. The van der Waals surface area contributed by atoms with Gasteiger partial charge in [-0.05, 0) is 85.1 Å². The van der Waals surface area contributed by atoms with E-state index >= 15 is 0 Å². The highest BCUT2D eigenvalue weighted by Crippen LogP contribution is 2.39. The Bertz CT molecular complexity index is 969. The maximum atomic E-state index is 5.59. The minimum absolute atomic E-state index is 0.334. The normalized spacial score (nSPS) is 19.0. The molecular formula is C28H34O4. The fourth-order valence-electron chi connectivity index (χ4n) is 4.26. The average Bonchev–Trinajstić information content (AvgIpc) is 2.85. The minimum Gasteiger partial charge on any atom is -0.493 e. The van der Waals surface area contributed by atoms with Gasteiger partial charge in [0, 0.05) is 0 Å². The third-order valence-electron chi connectivity index (χ3n) is 6.04. The lowest BCUT2D eigenvalue weighted by atomic mass is 9.79. The van der Waals surface area contributed by atoms with Crippen LogP contribution in [0.3, 0.4) is 0 Å². The minimum atomic E-state index is 0.334. The van der Waals surface area contributed by atoms with Gasteiger partial charge in [0.15, 0.2) is 23.0 Å². The molecule has 0 N–H and O–H groups in total. The highest BCUT2D eigenvalue weighted by molar-refractivity contribution is 5.56. The van der Waals surface area contributed by atoms with Gasteiger partial charge < -0.3 is 18.9 Å². The van der Waals surface area contributed by atoms with Crippen molar-refractivity contribution >= 4 is 6.08 Å². The summed E-state index contributed by atoms with van der Waals surface area (Å²) in [5.41, 5.74) is 5.73. The predicted molar refractivity (Wildman–Crippen MR) is 130 cm³/mol. The molecule has 0 radical (unpaired) electrons. The molecule has 2 aromatic carbocycles. The van der Waals surface area contributed by atoms with Crippen LogP contribution in [0.2, 0.25) is 0 Å². The maximum absolute atomic E-state index is 5.59. The van der Waals surface area contributed by atoms with Gasteiger partial charge in [-0.1, -0.05) is 30.7 Å². The number of allylic oxidation sites excluding steroid dienone is 2. The second kappa shape index (κ2) is 12.1. The van der Waals surface area contributed by atoms with Crippen LogP contribution in [0.5, 0.6) is 23.0 Å². The highest BCUT2D eigenvalue weighted by atomic mass is 16.5. The second-order valence-electron chi connectivity index (χ2n) is 7.95. The van der Waals surface area contributed by atoms with Crippen molar-refractivity contribution in [2.75, 3.05) is 28.4 Å². The second-order valence-corrected chi connectivity index (χ2v) is 7.95. The molecule has 0 fully saturated rings. The standard InChI is InChI=1S/C28H34O4/c1-29-25-17-14-21(19-27(25)31-3)13-15-22-11-9-7-5-6-8-10-12-24(22)23-16-18-26(30-2)28(20-23)32-4/h5,9,13-20,22,24H,6,8,10-12H2,1-4H3/b15-13+. The zero-order chi connectivity index (χ0) is 22.8. The quantitative estimate of drug-likeness (QED) is 0.449. The van der Waals surface area contributed by atoms with E-state index in [4.69, 9.17) is 18.9 Å². The third kappa shape index (κ3) is 5.99. The summed E-state index contributed by atoms with van der Waals surface area (Å²) < 4.78 is 21.9. The molecule has 0 saturated heterocycles. The Morgan fingerprint density at radius 2 is 1.47 bits per heavy atom. The Balaban J connectivity index is 1.95. The molecule has 4 nitrogen and oxygen atoms in total. The molecule has 0 aliphatic heterocycles. The van der Waals surface area contributed by atoms with Crippen LogP contribution in [-0.4, -0.2) is 28.4 Å². The molecule has 1 aliphatic rings. The van der Waals surface area contributed by atoms with E-state index in [0.29, 0.717) is 11.8 Å². The lowest BCUT2D eigenvalue weighted by Crippen LogP contribution is -2.12. The summed E-state index contributed by atoms with van der Waals surface area (Å²) >= 11 is 0. The molecule has 4 heteroatoms. The van der Waals surface area contributed by atoms with Crippen molar-refractivity contribution in [2.45, 2.75) is 38.0 Å². The molecular weight excluding hydrogens is 400 g/mol. The van der Waals surface area contributed by atoms with Crippen LogP contribution in [0.25, 0.3) is 6.08 Å². The Labute approximate surface area is 192 Å². The summed E-state index contributed by atoms with van der Waals surface area (Å²) in [5, 5.41) is 0. The molecule has 0 saturated carbocycles. The van der Waals surface area contributed by atoms with E-state index in [1.54, 1.807) is 28.4 Å². The monoisotopic (exact) mass is 434 g/mol. The van der Waals surface area contributed by atoms with E-state index in [1.165, 1.54) is 18.4 Å². The van der Waals surface area contributed by atoms with Crippen LogP contribution in [0.15, 0.2) is 60.4 Å². The van der Waals surface area contributed by atoms with Gasteiger partial charge in [0.25, 0.3) is 0 Å². The summed E-state index contributed by atoms with van der Waals surface area (Å²) in [5.74, 6) is 3.72. The first-order chi connectivity index (χ1) is 15.7. The van der Waals surface area contributed by atoms with Gasteiger partial charge in [0.1, 0.15) is 0 Å². The average molecular weight is 435 g/mol. The molecule has 0 amide bonds. The lowest BCUT2D eigenvalue weighted by Gasteiger charge is -2.26. The molecule has 170 valence electrons. The number of rotatable bonds is 7. The molecule has 0 spiro atoms. The Kier molecular flexibility index (Phi) is 8.89. The summed E-state index contributed by atoms with van der Waals surface area (Å²) in [7, 11) is 6.68. The first kappa shape index (κ1) is 23.6. The van der Waals surface area contributed by atoms with Crippen LogP contribution in [0.4, 0.5) is 0 Å². The summed E-state index contributed by atoms with van der Waals surface area (Å²) in [6.45, 7) is 0. The molecule has 0 aromatic heterocycles. The van der Waals surface area contributed by atoms with Crippen LogP contribution >= 0.6 is 0 Å². The van der Waals surface area contributed by atoms with Gasteiger partial charge in [-0.15, -0.1) is 5.73 Å². The van der Waals surface area contributed by atoms with Crippen LogP contribution < -0.4 is 18.9 Å². The van der Waals surface area contributed by atoms with Gasteiger partial charge >= 0.3 is 0 Å². The van der Waals surface area contributed by atoms with E-state index in [0.717, 1.165) is 47.8 Å². The van der Waals surface area contributed by atoms with E-state index in [9.17, 15) is 0 Å². The first-order valence-electron chi connectivity index (χ1n) is 11.2. The Morgan fingerprint density at radius 3 is 2.19 bits per heavy atom. The molecule has 0 heterocycles. The van der Waals surface area contributed by atoms with Crippen molar-refractivity contribution in [1.29, 1.82) is 0 Å². The Morgan fingerprint density at radius 1 is 0.781 bits per heavy atom. The SMILES string of the molecule is COc1ccc(/C=C/C2CC=C=CCCCCC2c2ccc(OC)c(OC)c2)cc1OC. The molecule has 3 rings (SSSR count). The zero-order valence-corrected chi connectivity index (χ0v) is 19.6. The largest absolute Gasteiger partial charge is 0.493 e. The Hall–Kier alpha value is -3.10. The van der Waals surface area contributed by atoms with Crippen LogP contribution in [0.1, 0.15) is 49.1 Å². The van der Waals surface area contributed by atoms with Crippen LogP contribution in [0, 0.1) is 5.92 Å². The molecule has 2 atom stereocenters. The fraction of sp³-hybridized carbons (Fsp3) is 0.393. The number of benzene rings is 2. The molecule has 0 bridgehead atoms. The molecule has 1 aliphatic carbocycles. The predicted octanol–water partition coefficient (Wildman–Crippen LogP) is 6.81. The topological polar surface area (TPSA) is 36.9 Å². The number of hydrogen-bond donors (Lipinski definition) is 0. The van der Waals surface area contributed by atoms with Gasteiger partial charge in [-0.25, -0.2) is 0 Å². The molecule has 2 aromatic rings. The number of ether oxygens (including phenoxy) is 4. The summed E-state index contributed by atoms with van der Waals surface area (Å²) in [6.07, 6.45) is 14.3. The smallest absolute Gasteiger partial charge is 0.161 e. The van der Waals surface area contributed by atoms with Crippen molar-refractivity contribution in [1.82, 2.24) is 0 Å². The van der Waals surface area contributed by atoms with Gasteiger partial charge in [-0.3, -0.25) is 0 Å². The molecule has 2 unspecified atom stereocenters. The van der Waals surface area contributed by atoms with Crippen molar-refractivity contribution in [3.05, 3.63) is 71.5 Å². The van der Waals surface area contributed by atoms with Crippen molar-refractivity contribution in [3.63, 3.8) is 0 Å². The van der Waals surface area contributed by atoms with Gasteiger partial charge in [0.2, 0.25) is 0 Å². The summed E-state index contributed by atoms with van der Waals surface area (Å²) in [4.78, 5) is 0. The van der Waals surface area contributed by atoms with Crippen LogP contribution in [-0.2, 0) is 0 Å². The van der Waals surface area contributed by atoms with Crippen molar-refractivity contribution < 1.29 is 18.9 Å². The maximum Gasteiger partial charge on any atom is 0.161 e. The third-order valence-corrected chi connectivity index (χ3v) is 6.04. The lowest BCUT2D eigenvalue weighted by molar-refractivity contribution is 0.353. The van der Waals surface area contributed by atoms with Gasteiger partial charge in [-0.2, -0.15) is 0 Å². The van der Waals surface area contributed by atoms with Crippen molar-refractivity contribution in [3.8, 4) is 23.0 Å². The summed E-state index contributed by atoms with van der Waals surface area (Å²) in [6, 6.07) is 12.3. The van der Waals surface area contributed by atoms with E-state index in [2.05, 4.69) is 48.2 Å². The fourth-order valence-corrected chi connectivity index (χ4v) is 4.26. The number of methoxy groups -OCH3 is 4.